The number of para-hydroxylation sites is 1. The molecule has 0 N–H and O–H groups in total. The number of ether oxygens (including phenoxy) is 1. The summed E-state index contributed by atoms with van der Waals surface area (Å²) in [5.41, 5.74) is 6.72. The van der Waals surface area contributed by atoms with Gasteiger partial charge in [-0.25, -0.2) is 4.98 Å². The number of aryl methyl sites for hydroxylation is 2. The van der Waals surface area contributed by atoms with Gasteiger partial charge in [0.2, 0.25) is 11.8 Å². The van der Waals surface area contributed by atoms with Crippen LogP contribution in [0.25, 0.3) is 11.3 Å². The van der Waals surface area contributed by atoms with Gasteiger partial charge in [-0.05, 0) is 73.7 Å². The van der Waals surface area contributed by atoms with Gasteiger partial charge in [0.05, 0.1) is 12.2 Å². The van der Waals surface area contributed by atoms with Crippen molar-refractivity contribution in [1.82, 2.24) is 9.88 Å². The third kappa shape index (κ3) is 4.93. The van der Waals surface area contributed by atoms with Crippen molar-refractivity contribution >= 4 is 11.6 Å². The molecule has 170 valence electrons. The minimum atomic E-state index is 0.0693. The predicted octanol–water partition coefficient (Wildman–Crippen LogP) is 4.87. The molecule has 0 saturated carbocycles. The van der Waals surface area contributed by atoms with Crippen molar-refractivity contribution in [2.45, 2.75) is 39.2 Å². The number of carbonyl (C=O) groups is 1. The molecule has 0 aliphatic carbocycles. The fourth-order valence-corrected chi connectivity index (χ4v) is 4.91. The first-order valence-electron chi connectivity index (χ1n) is 12.0. The molecule has 2 aromatic carbocycles. The van der Waals surface area contributed by atoms with E-state index in [0.717, 1.165) is 36.3 Å². The summed E-state index contributed by atoms with van der Waals surface area (Å²) in [7, 11) is 0. The number of nitrogens with zero attached hydrogens (tertiary/aromatic N) is 3. The first-order chi connectivity index (χ1) is 16.2. The summed E-state index contributed by atoms with van der Waals surface area (Å²) in [6.45, 7) is 6.22. The Morgan fingerprint density at radius 3 is 2.61 bits per heavy atom. The summed E-state index contributed by atoms with van der Waals surface area (Å²) >= 11 is 0. The van der Waals surface area contributed by atoms with Crippen LogP contribution in [0.15, 0.2) is 60.7 Å². The van der Waals surface area contributed by atoms with Crippen molar-refractivity contribution in [3.05, 3.63) is 77.4 Å². The average Bonchev–Trinajstić information content (AvgIpc) is 3.34. The third-order valence-electron chi connectivity index (χ3n) is 6.74. The van der Waals surface area contributed by atoms with Gasteiger partial charge in [-0.3, -0.25) is 9.69 Å². The number of rotatable bonds is 5. The highest BCUT2D eigenvalue weighted by molar-refractivity contribution is 5.92. The number of pyridine rings is 1. The molecule has 1 amide bonds. The van der Waals surface area contributed by atoms with E-state index >= 15 is 0 Å². The van der Waals surface area contributed by atoms with Gasteiger partial charge in [0.25, 0.3) is 0 Å². The molecule has 2 aliphatic heterocycles. The van der Waals surface area contributed by atoms with Crippen LogP contribution in [0.2, 0.25) is 0 Å². The van der Waals surface area contributed by atoms with E-state index in [2.05, 4.69) is 41.3 Å². The smallest absolute Gasteiger partial charge is 0.224 e. The summed E-state index contributed by atoms with van der Waals surface area (Å²) in [6, 6.07) is 20.7. The summed E-state index contributed by atoms with van der Waals surface area (Å²) in [6.07, 6.45) is 4.44. The average molecular weight is 442 g/mol. The van der Waals surface area contributed by atoms with E-state index in [1.807, 2.05) is 29.2 Å². The lowest BCUT2D eigenvalue weighted by Crippen LogP contribution is -2.30. The molecule has 33 heavy (non-hydrogen) atoms. The van der Waals surface area contributed by atoms with Gasteiger partial charge in [-0.1, -0.05) is 36.4 Å². The lowest BCUT2D eigenvalue weighted by molar-refractivity contribution is -0.116. The molecule has 3 heterocycles. The van der Waals surface area contributed by atoms with Crippen molar-refractivity contribution < 1.29 is 9.53 Å². The highest BCUT2D eigenvalue weighted by Gasteiger charge is 2.20. The molecular weight excluding hydrogens is 410 g/mol. The SMILES string of the molecule is CC(=O)N1Cc2ccc(-c3cccc(OCCN4CCCC4)n3)cc2CCc2ccccc21. The van der Waals surface area contributed by atoms with Gasteiger partial charge in [0.15, 0.2) is 0 Å². The minimum absolute atomic E-state index is 0.0693. The highest BCUT2D eigenvalue weighted by atomic mass is 16.5. The van der Waals surface area contributed by atoms with Gasteiger partial charge in [-0.15, -0.1) is 0 Å². The monoisotopic (exact) mass is 441 g/mol. The largest absolute Gasteiger partial charge is 0.476 e. The van der Waals surface area contributed by atoms with E-state index in [9.17, 15) is 4.79 Å². The second kappa shape index (κ2) is 9.75. The maximum absolute atomic E-state index is 12.4. The molecule has 0 bridgehead atoms. The zero-order chi connectivity index (χ0) is 22.6. The number of aromatic nitrogens is 1. The number of benzene rings is 2. The van der Waals surface area contributed by atoms with Crippen LogP contribution in [0.4, 0.5) is 5.69 Å². The Hall–Kier alpha value is -3.18. The van der Waals surface area contributed by atoms with Crippen LogP contribution >= 0.6 is 0 Å². The second-order valence-corrected chi connectivity index (χ2v) is 8.98. The molecule has 0 unspecified atom stereocenters. The number of likely N-dealkylation sites (tertiary alicyclic amines) is 1. The van der Waals surface area contributed by atoms with Crippen molar-refractivity contribution in [1.29, 1.82) is 0 Å². The predicted molar refractivity (Wildman–Crippen MR) is 132 cm³/mol. The molecular formula is C28H31N3O2. The van der Waals surface area contributed by atoms with Gasteiger partial charge in [-0.2, -0.15) is 0 Å². The molecule has 1 aromatic heterocycles. The van der Waals surface area contributed by atoms with Gasteiger partial charge in [0, 0.05) is 30.8 Å². The van der Waals surface area contributed by atoms with E-state index in [1.165, 1.54) is 42.6 Å². The van der Waals surface area contributed by atoms with Gasteiger partial charge >= 0.3 is 0 Å². The number of hydrogen-bond acceptors (Lipinski definition) is 4. The van der Waals surface area contributed by atoms with Crippen molar-refractivity contribution in [2.75, 3.05) is 31.1 Å². The Labute approximate surface area is 196 Å². The lowest BCUT2D eigenvalue weighted by atomic mass is 9.93. The van der Waals surface area contributed by atoms with Gasteiger partial charge < -0.3 is 9.64 Å². The molecule has 5 rings (SSSR count). The van der Waals surface area contributed by atoms with Crippen LogP contribution in [0.3, 0.4) is 0 Å². The molecule has 5 nitrogen and oxygen atoms in total. The quantitative estimate of drug-likeness (QED) is 0.566. The van der Waals surface area contributed by atoms with E-state index in [-0.39, 0.29) is 5.91 Å². The van der Waals surface area contributed by atoms with E-state index in [0.29, 0.717) is 19.0 Å². The number of fused-ring (bicyclic) bond motifs is 2. The Morgan fingerprint density at radius 2 is 1.76 bits per heavy atom. The number of anilines is 1. The van der Waals surface area contributed by atoms with Crippen LogP contribution in [-0.2, 0) is 24.2 Å². The maximum Gasteiger partial charge on any atom is 0.224 e. The van der Waals surface area contributed by atoms with Crippen LogP contribution < -0.4 is 9.64 Å². The Balaban J connectivity index is 1.35. The van der Waals surface area contributed by atoms with Gasteiger partial charge in [0.1, 0.15) is 6.61 Å². The maximum atomic E-state index is 12.4. The van der Waals surface area contributed by atoms with Crippen LogP contribution in [0.1, 0.15) is 36.5 Å². The normalized spacial score (nSPS) is 16.0. The molecule has 5 heteroatoms. The fourth-order valence-electron chi connectivity index (χ4n) is 4.91. The summed E-state index contributed by atoms with van der Waals surface area (Å²) in [5, 5.41) is 0. The summed E-state index contributed by atoms with van der Waals surface area (Å²) in [4.78, 5) is 21.5. The standard InChI is InChI=1S/C28H31N3O2/c1-21(32)31-20-25-14-13-24(19-23(25)12-11-22-7-2-3-9-27(22)31)26-8-6-10-28(29-26)33-18-17-30-15-4-5-16-30/h2-3,6-10,13-14,19H,4-5,11-12,15-18,20H2,1H3. The molecule has 1 fully saturated rings. The van der Waals surface area contributed by atoms with Crippen molar-refractivity contribution in [2.24, 2.45) is 0 Å². The van der Waals surface area contributed by atoms with Crippen LogP contribution in [-0.4, -0.2) is 42.0 Å². The highest BCUT2D eigenvalue weighted by Crippen LogP contribution is 2.31. The van der Waals surface area contributed by atoms with Crippen molar-refractivity contribution in [3.63, 3.8) is 0 Å². The zero-order valence-corrected chi connectivity index (χ0v) is 19.3. The molecule has 0 atom stereocenters. The molecule has 0 radical (unpaired) electrons. The topological polar surface area (TPSA) is 45.7 Å². The second-order valence-electron chi connectivity index (χ2n) is 8.98. The Bertz CT molecular complexity index is 1140. The number of amides is 1. The van der Waals surface area contributed by atoms with E-state index < -0.39 is 0 Å². The molecule has 0 spiro atoms. The van der Waals surface area contributed by atoms with Crippen LogP contribution in [0, 0.1) is 0 Å². The lowest BCUT2D eigenvalue weighted by Gasteiger charge is -2.28. The van der Waals surface area contributed by atoms with E-state index in [1.54, 1.807) is 6.92 Å². The minimum Gasteiger partial charge on any atom is -0.476 e. The summed E-state index contributed by atoms with van der Waals surface area (Å²) < 4.78 is 5.96. The van der Waals surface area contributed by atoms with E-state index in [4.69, 9.17) is 9.72 Å². The Kier molecular flexibility index (Phi) is 6.40. The molecule has 1 saturated heterocycles. The molecule has 3 aromatic rings. The first kappa shape index (κ1) is 21.7. The number of carbonyl (C=O) groups excluding carboxylic acids is 1. The van der Waals surface area contributed by atoms with Crippen molar-refractivity contribution in [3.8, 4) is 17.1 Å². The number of hydrogen-bond donors (Lipinski definition) is 0. The zero-order valence-electron chi connectivity index (χ0n) is 19.3. The first-order valence-corrected chi connectivity index (χ1v) is 12.0. The summed E-state index contributed by atoms with van der Waals surface area (Å²) in [5.74, 6) is 0.745. The molecule has 2 aliphatic rings. The van der Waals surface area contributed by atoms with Crippen LogP contribution in [0.5, 0.6) is 5.88 Å². The third-order valence-corrected chi connectivity index (χ3v) is 6.74. The Morgan fingerprint density at radius 1 is 0.939 bits per heavy atom. The fraction of sp³-hybridized carbons (Fsp3) is 0.357.